The zero-order valence-electron chi connectivity index (χ0n) is 10.6. The summed E-state index contributed by atoms with van der Waals surface area (Å²) in [5.74, 6) is 0.0209. The van der Waals surface area contributed by atoms with E-state index in [0.29, 0.717) is 12.6 Å². The van der Waals surface area contributed by atoms with Crippen molar-refractivity contribution in [2.45, 2.75) is 25.4 Å². The first-order valence-electron chi connectivity index (χ1n) is 6.54. The molecular weight excluding hydrogens is 226 g/mol. The molecule has 1 aliphatic rings. The van der Waals surface area contributed by atoms with Gasteiger partial charge in [0.1, 0.15) is 0 Å². The molecule has 0 bridgehead atoms. The minimum atomic E-state index is 0.0209. The number of hydrogen-bond donors (Lipinski definition) is 2. The van der Waals surface area contributed by atoms with Crippen LogP contribution < -0.4 is 11.1 Å². The number of carbonyl (C=O) groups is 1. The maximum absolute atomic E-state index is 11.9. The van der Waals surface area contributed by atoms with Gasteiger partial charge in [0.05, 0.1) is 6.54 Å². The Balaban J connectivity index is 1.98. The SMILES string of the molecule is NCC(=O)N(Cc1ccccc1)C[C@@H]1CCCN1. The van der Waals surface area contributed by atoms with Crippen molar-refractivity contribution in [1.29, 1.82) is 0 Å². The molecule has 4 heteroatoms. The van der Waals surface area contributed by atoms with Crippen LogP contribution in [0, 0.1) is 0 Å². The first-order valence-corrected chi connectivity index (χ1v) is 6.54. The van der Waals surface area contributed by atoms with Crippen LogP contribution in [0.4, 0.5) is 0 Å². The van der Waals surface area contributed by atoms with Gasteiger partial charge in [0.25, 0.3) is 0 Å². The van der Waals surface area contributed by atoms with Crippen LogP contribution in [0.25, 0.3) is 0 Å². The zero-order chi connectivity index (χ0) is 12.8. The molecule has 0 unspecified atom stereocenters. The molecule has 1 saturated heterocycles. The minimum absolute atomic E-state index is 0.0209. The largest absolute Gasteiger partial charge is 0.336 e. The van der Waals surface area contributed by atoms with Crippen molar-refractivity contribution in [3.8, 4) is 0 Å². The molecule has 18 heavy (non-hydrogen) atoms. The maximum atomic E-state index is 11.9. The number of nitrogens with two attached hydrogens (primary N) is 1. The van der Waals surface area contributed by atoms with Gasteiger partial charge in [-0.15, -0.1) is 0 Å². The first-order chi connectivity index (χ1) is 8.79. The van der Waals surface area contributed by atoms with Gasteiger partial charge >= 0.3 is 0 Å². The standard InChI is InChI=1S/C14H21N3O/c15-9-14(18)17(11-13-7-4-8-16-13)10-12-5-2-1-3-6-12/h1-3,5-6,13,16H,4,7-11,15H2/t13-/m0/s1. The maximum Gasteiger partial charge on any atom is 0.236 e. The molecule has 0 aliphatic carbocycles. The number of nitrogens with zero attached hydrogens (tertiary/aromatic N) is 1. The average Bonchev–Trinajstić information content (AvgIpc) is 2.91. The van der Waals surface area contributed by atoms with Crippen LogP contribution in [0.3, 0.4) is 0 Å². The lowest BCUT2D eigenvalue weighted by Crippen LogP contribution is -2.43. The van der Waals surface area contributed by atoms with Crippen molar-refractivity contribution in [2.24, 2.45) is 5.73 Å². The number of hydrogen-bond acceptors (Lipinski definition) is 3. The molecule has 3 N–H and O–H groups in total. The highest BCUT2D eigenvalue weighted by Crippen LogP contribution is 2.10. The summed E-state index contributed by atoms with van der Waals surface area (Å²) in [5.41, 5.74) is 6.64. The normalized spacial score (nSPS) is 18.8. The van der Waals surface area contributed by atoms with E-state index in [4.69, 9.17) is 5.73 Å². The number of amides is 1. The highest BCUT2D eigenvalue weighted by molar-refractivity contribution is 5.78. The highest BCUT2D eigenvalue weighted by atomic mass is 16.2. The smallest absolute Gasteiger partial charge is 0.236 e. The Morgan fingerprint density at radius 1 is 1.39 bits per heavy atom. The molecule has 1 aliphatic heterocycles. The molecule has 0 radical (unpaired) electrons. The number of nitrogens with one attached hydrogen (secondary N) is 1. The van der Waals surface area contributed by atoms with Gasteiger partial charge < -0.3 is 16.0 Å². The molecule has 0 saturated carbocycles. The monoisotopic (exact) mass is 247 g/mol. The van der Waals surface area contributed by atoms with Crippen LogP contribution in [0.1, 0.15) is 18.4 Å². The van der Waals surface area contributed by atoms with Gasteiger partial charge in [-0.3, -0.25) is 4.79 Å². The highest BCUT2D eigenvalue weighted by Gasteiger charge is 2.20. The Hall–Kier alpha value is -1.39. The van der Waals surface area contributed by atoms with Gasteiger partial charge in [0.2, 0.25) is 5.91 Å². The number of benzene rings is 1. The zero-order valence-corrected chi connectivity index (χ0v) is 10.6. The summed E-state index contributed by atoms with van der Waals surface area (Å²) in [6.07, 6.45) is 2.34. The van der Waals surface area contributed by atoms with Crippen molar-refractivity contribution < 1.29 is 4.79 Å². The second-order valence-electron chi connectivity index (χ2n) is 4.76. The van der Waals surface area contributed by atoms with Gasteiger partial charge in [-0.2, -0.15) is 0 Å². The second kappa shape index (κ2) is 6.52. The second-order valence-corrected chi connectivity index (χ2v) is 4.76. The van der Waals surface area contributed by atoms with E-state index in [9.17, 15) is 4.79 Å². The molecule has 1 heterocycles. The lowest BCUT2D eigenvalue weighted by molar-refractivity contribution is -0.130. The van der Waals surface area contributed by atoms with E-state index in [2.05, 4.69) is 5.32 Å². The summed E-state index contributed by atoms with van der Waals surface area (Å²) in [4.78, 5) is 13.7. The summed E-state index contributed by atoms with van der Waals surface area (Å²) in [6, 6.07) is 10.5. The molecule has 1 fully saturated rings. The third-order valence-electron chi connectivity index (χ3n) is 3.35. The molecule has 1 aromatic carbocycles. The van der Waals surface area contributed by atoms with Crippen LogP contribution in [0.2, 0.25) is 0 Å². The van der Waals surface area contributed by atoms with Crippen LogP contribution in [0.15, 0.2) is 30.3 Å². The first kappa shape index (κ1) is 13.1. The van der Waals surface area contributed by atoms with Crippen LogP contribution in [-0.2, 0) is 11.3 Å². The van der Waals surface area contributed by atoms with E-state index in [1.807, 2.05) is 35.2 Å². The predicted octanol–water partition coefficient (Wildman–Crippen LogP) is 0.726. The Morgan fingerprint density at radius 3 is 2.78 bits per heavy atom. The van der Waals surface area contributed by atoms with E-state index in [1.54, 1.807) is 0 Å². The number of carbonyl (C=O) groups excluding carboxylic acids is 1. The third-order valence-corrected chi connectivity index (χ3v) is 3.35. The summed E-state index contributed by atoms with van der Waals surface area (Å²) >= 11 is 0. The predicted molar refractivity (Wildman–Crippen MR) is 71.9 cm³/mol. The van der Waals surface area contributed by atoms with Crippen LogP contribution >= 0.6 is 0 Å². The van der Waals surface area contributed by atoms with E-state index in [1.165, 1.54) is 6.42 Å². The summed E-state index contributed by atoms with van der Waals surface area (Å²) in [5, 5.41) is 3.42. The fourth-order valence-electron chi connectivity index (χ4n) is 2.37. The molecule has 1 atom stereocenters. The average molecular weight is 247 g/mol. The van der Waals surface area contributed by atoms with Crippen molar-refractivity contribution in [3.05, 3.63) is 35.9 Å². The lowest BCUT2D eigenvalue weighted by atomic mass is 10.1. The summed E-state index contributed by atoms with van der Waals surface area (Å²) < 4.78 is 0. The molecule has 2 rings (SSSR count). The fourth-order valence-corrected chi connectivity index (χ4v) is 2.37. The van der Waals surface area contributed by atoms with Gasteiger partial charge in [-0.1, -0.05) is 30.3 Å². The van der Waals surface area contributed by atoms with Crippen molar-refractivity contribution >= 4 is 5.91 Å². The minimum Gasteiger partial charge on any atom is -0.336 e. The quantitative estimate of drug-likeness (QED) is 0.806. The van der Waals surface area contributed by atoms with Gasteiger partial charge in [-0.05, 0) is 24.9 Å². The van der Waals surface area contributed by atoms with Gasteiger partial charge in [-0.25, -0.2) is 0 Å². The van der Waals surface area contributed by atoms with Crippen LogP contribution in [0.5, 0.6) is 0 Å². The van der Waals surface area contributed by atoms with Gasteiger partial charge in [0.15, 0.2) is 0 Å². The molecule has 4 nitrogen and oxygen atoms in total. The Kier molecular flexibility index (Phi) is 4.73. The molecular formula is C14H21N3O. The molecule has 0 aromatic heterocycles. The van der Waals surface area contributed by atoms with E-state index in [0.717, 1.165) is 25.1 Å². The molecule has 1 amide bonds. The molecule has 0 spiro atoms. The Morgan fingerprint density at radius 2 is 2.17 bits per heavy atom. The topological polar surface area (TPSA) is 58.4 Å². The molecule has 1 aromatic rings. The summed E-state index contributed by atoms with van der Waals surface area (Å²) in [6.45, 7) is 2.54. The number of rotatable bonds is 5. The van der Waals surface area contributed by atoms with Crippen LogP contribution in [-0.4, -0.2) is 36.5 Å². The third kappa shape index (κ3) is 3.55. The Labute approximate surface area is 108 Å². The van der Waals surface area contributed by atoms with Crippen molar-refractivity contribution in [1.82, 2.24) is 10.2 Å². The van der Waals surface area contributed by atoms with E-state index < -0.39 is 0 Å². The van der Waals surface area contributed by atoms with E-state index in [-0.39, 0.29) is 12.5 Å². The fraction of sp³-hybridized carbons (Fsp3) is 0.500. The van der Waals surface area contributed by atoms with Gasteiger partial charge in [0, 0.05) is 19.1 Å². The van der Waals surface area contributed by atoms with E-state index >= 15 is 0 Å². The Bertz CT molecular complexity index is 374. The molecule has 98 valence electrons. The van der Waals surface area contributed by atoms with Crippen molar-refractivity contribution in [3.63, 3.8) is 0 Å². The summed E-state index contributed by atoms with van der Waals surface area (Å²) in [7, 11) is 0. The lowest BCUT2D eigenvalue weighted by Gasteiger charge is -2.25. The van der Waals surface area contributed by atoms with Crippen molar-refractivity contribution in [2.75, 3.05) is 19.6 Å².